The largest absolute Gasteiger partial charge is 0.398 e. The van der Waals surface area contributed by atoms with Crippen molar-refractivity contribution in [3.8, 4) is 11.1 Å². The van der Waals surface area contributed by atoms with Crippen LogP contribution in [-0.4, -0.2) is 37.4 Å². The summed E-state index contributed by atoms with van der Waals surface area (Å²) < 4.78 is 69.6. The van der Waals surface area contributed by atoms with E-state index >= 15 is 0 Å². The molecule has 6 rings (SSSR count). The van der Waals surface area contributed by atoms with Gasteiger partial charge in [0.1, 0.15) is 26.9 Å². The van der Waals surface area contributed by atoms with Gasteiger partial charge in [-0.2, -0.15) is 27.1 Å². The number of fused-ring (bicyclic) bond motifs is 1. The normalized spacial score (nSPS) is 14.1. The molecule has 0 fully saturated rings. The highest BCUT2D eigenvalue weighted by Gasteiger charge is 2.37. The molecule has 0 saturated heterocycles. The lowest BCUT2D eigenvalue weighted by molar-refractivity contribution is 0.106. The van der Waals surface area contributed by atoms with Crippen molar-refractivity contribution in [2.75, 3.05) is 22.6 Å². The third kappa shape index (κ3) is 8.39. The number of nitrogen functional groups attached to an aromatic ring is 3. The highest BCUT2D eigenvalue weighted by Crippen LogP contribution is 2.41. The van der Waals surface area contributed by atoms with E-state index in [1.165, 1.54) is 18.2 Å². The quantitative estimate of drug-likeness (QED) is 0.0354. The minimum absolute atomic E-state index is 0.000121. The second kappa shape index (κ2) is 15.0. The molecule has 0 spiro atoms. The molecule has 0 heterocycles. The number of azo groups is 2. The van der Waals surface area contributed by atoms with Gasteiger partial charge < -0.3 is 17.2 Å². The van der Waals surface area contributed by atoms with E-state index < -0.39 is 58.5 Å². The van der Waals surface area contributed by atoms with Crippen LogP contribution in [0.4, 0.5) is 45.5 Å². The van der Waals surface area contributed by atoms with Gasteiger partial charge in [-0.3, -0.25) is 19.3 Å². The molecule has 280 valence electrons. The summed E-state index contributed by atoms with van der Waals surface area (Å²) in [6.07, 6.45) is 0.782. The molecule has 0 radical (unpaired) electrons. The van der Waals surface area contributed by atoms with Crippen LogP contribution >= 0.6 is 23.2 Å². The molecule has 20 heteroatoms. The molecule has 5 aromatic carbocycles. The SMILES string of the molecule is Cc1cc(N=Nc2ccc(-c3ccc(NN=C4C(=O)c5c(cc(S(=O)(=O)O)c(N=Nc6cc(Cl)ccc6Cl)c5N)C=C4S(=O)(=O)O)cc3)cc2)c(N)cc1N. The number of anilines is 4. The predicted octanol–water partition coefficient (Wildman–Crippen LogP) is 8.69. The number of rotatable bonds is 9. The van der Waals surface area contributed by atoms with Crippen molar-refractivity contribution in [2.45, 2.75) is 11.8 Å². The molecule has 0 aromatic heterocycles. The van der Waals surface area contributed by atoms with Gasteiger partial charge in [0.05, 0.1) is 33.3 Å². The fourth-order valence-corrected chi connectivity index (χ4v) is 6.92. The van der Waals surface area contributed by atoms with Crippen LogP contribution in [0.1, 0.15) is 21.5 Å². The first-order chi connectivity index (χ1) is 25.9. The van der Waals surface area contributed by atoms with Crippen LogP contribution in [0, 0.1) is 6.92 Å². The highest BCUT2D eigenvalue weighted by molar-refractivity contribution is 7.91. The molecule has 0 bridgehead atoms. The Morgan fingerprint density at radius 3 is 1.98 bits per heavy atom. The third-order valence-corrected chi connectivity index (χ3v) is 10.4. The fourth-order valence-electron chi connectivity index (χ4n) is 5.27. The van der Waals surface area contributed by atoms with E-state index in [9.17, 15) is 30.7 Å². The summed E-state index contributed by atoms with van der Waals surface area (Å²) in [5.41, 5.74) is 22.6. The number of halogens is 2. The monoisotopic (exact) mass is 819 g/mol. The Bertz CT molecular complexity index is 2760. The highest BCUT2D eigenvalue weighted by atomic mass is 35.5. The number of carbonyl (C=O) groups excluding carboxylic acids is 1. The zero-order valence-corrected chi connectivity index (χ0v) is 31.3. The van der Waals surface area contributed by atoms with Crippen LogP contribution in [0.2, 0.25) is 10.0 Å². The molecule has 0 aliphatic heterocycles. The zero-order valence-electron chi connectivity index (χ0n) is 28.1. The lowest BCUT2D eigenvalue weighted by Crippen LogP contribution is -2.28. The van der Waals surface area contributed by atoms with Crippen LogP contribution in [0.5, 0.6) is 0 Å². The zero-order chi connectivity index (χ0) is 39.8. The van der Waals surface area contributed by atoms with Crippen molar-refractivity contribution in [1.29, 1.82) is 0 Å². The van der Waals surface area contributed by atoms with Gasteiger partial charge >= 0.3 is 0 Å². The third-order valence-electron chi connectivity index (χ3n) is 8.09. The summed E-state index contributed by atoms with van der Waals surface area (Å²) in [5, 5.41) is 20.5. The topological polar surface area (TPSA) is 278 Å². The van der Waals surface area contributed by atoms with E-state index in [1.807, 2.05) is 19.1 Å². The number of hydrogen-bond acceptors (Lipinski definition) is 14. The molecule has 0 unspecified atom stereocenters. The van der Waals surface area contributed by atoms with Gasteiger partial charge in [0.2, 0.25) is 5.78 Å². The molecular weight excluding hydrogens is 793 g/mol. The number of hydrazone groups is 1. The van der Waals surface area contributed by atoms with E-state index in [0.29, 0.717) is 28.4 Å². The summed E-state index contributed by atoms with van der Waals surface area (Å²) in [6, 6.07) is 22.1. The minimum atomic E-state index is -5.13. The number of allylic oxidation sites excluding steroid dienone is 1. The Morgan fingerprint density at radius 1 is 0.709 bits per heavy atom. The molecule has 0 amide bonds. The number of Topliss-reactive ketones (excluding diaryl/α,β-unsaturated/α-hetero) is 1. The molecule has 0 atom stereocenters. The second-order valence-corrected chi connectivity index (χ2v) is 15.5. The second-order valence-electron chi connectivity index (χ2n) is 11.8. The van der Waals surface area contributed by atoms with Gasteiger partial charge in [-0.1, -0.05) is 47.5 Å². The Hall–Kier alpha value is -6.02. The molecule has 16 nitrogen and oxygen atoms in total. The number of ketones is 1. The first-order valence-corrected chi connectivity index (χ1v) is 19.2. The molecule has 0 saturated carbocycles. The number of nitrogens with zero attached hydrogens (tertiary/aromatic N) is 5. The number of benzene rings is 5. The summed E-state index contributed by atoms with van der Waals surface area (Å²) in [4.78, 5) is 11.9. The molecule has 9 N–H and O–H groups in total. The minimum Gasteiger partial charge on any atom is -0.398 e. The van der Waals surface area contributed by atoms with Gasteiger partial charge in [0, 0.05) is 10.7 Å². The van der Waals surface area contributed by atoms with Crippen LogP contribution in [-0.2, 0) is 20.2 Å². The summed E-state index contributed by atoms with van der Waals surface area (Å²) >= 11 is 12.1. The number of nitrogens with one attached hydrogen (secondary N) is 1. The lowest BCUT2D eigenvalue weighted by atomic mass is 9.92. The van der Waals surface area contributed by atoms with Crippen molar-refractivity contribution >= 4 is 107 Å². The molecule has 1 aliphatic rings. The first-order valence-electron chi connectivity index (χ1n) is 15.6. The average molecular weight is 821 g/mol. The number of carbonyl (C=O) groups is 1. The fraction of sp³-hybridized carbons (Fsp3) is 0.0286. The van der Waals surface area contributed by atoms with Crippen molar-refractivity contribution < 1.29 is 30.7 Å². The number of nitrogens with two attached hydrogens (primary N) is 3. The Balaban J connectivity index is 1.29. The maximum Gasteiger partial charge on any atom is 0.296 e. The molecule has 1 aliphatic carbocycles. The van der Waals surface area contributed by atoms with E-state index in [1.54, 1.807) is 48.5 Å². The summed E-state index contributed by atoms with van der Waals surface area (Å²) in [5.74, 6) is -1.13. The van der Waals surface area contributed by atoms with Crippen molar-refractivity contribution in [1.82, 2.24) is 0 Å². The van der Waals surface area contributed by atoms with Crippen LogP contribution in [0.25, 0.3) is 17.2 Å². The van der Waals surface area contributed by atoms with Crippen LogP contribution < -0.4 is 22.6 Å². The molecule has 5 aromatic rings. The summed E-state index contributed by atoms with van der Waals surface area (Å²) in [7, 11) is -10.2. The van der Waals surface area contributed by atoms with Crippen molar-refractivity contribution in [2.24, 2.45) is 25.6 Å². The maximum atomic E-state index is 13.8. The Kier molecular flexibility index (Phi) is 10.6. The van der Waals surface area contributed by atoms with E-state index in [4.69, 9.17) is 40.4 Å². The average Bonchev–Trinajstić information content (AvgIpc) is 3.12. The van der Waals surface area contributed by atoms with Gasteiger partial charge in [-0.05, 0) is 95.9 Å². The summed E-state index contributed by atoms with van der Waals surface area (Å²) in [6.45, 7) is 1.84. The Morgan fingerprint density at radius 2 is 1.35 bits per heavy atom. The van der Waals surface area contributed by atoms with Crippen LogP contribution in [0.3, 0.4) is 0 Å². The first kappa shape index (κ1) is 38.7. The molecular formula is C35H27Cl2N9O7S2. The predicted molar refractivity (Wildman–Crippen MR) is 212 cm³/mol. The smallest absolute Gasteiger partial charge is 0.296 e. The van der Waals surface area contributed by atoms with Crippen molar-refractivity contribution in [3.05, 3.63) is 117 Å². The Labute approximate surface area is 323 Å². The van der Waals surface area contributed by atoms with E-state index in [2.05, 4.69) is 31.0 Å². The van der Waals surface area contributed by atoms with E-state index in [-0.39, 0.29) is 21.3 Å². The number of aryl methyl sites for hydroxylation is 1. The van der Waals surface area contributed by atoms with E-state index in [0.717, 1.165) is 28.8 Å². The molecule has 55 heavy (non-hydrogen) atoms. The van der Waals surface area contributed by atoms with Gasteiger partial charge in [0.25, 0.3) is 20.2 Å². The number of hydrogen-bond donors (Lipinski definition) is 6. The van der Waals surface area contributed by atoms with Gasteiger partial charge in [0.15, 0.2) is 5.71 Å². The van der Waals surface area contributed by atoms with Crippen molar-refractivity contribution in [3.63, 3.8) is 0 Å². The standard InChI is InChI=1S/C35H27Cl2N9O7S2/c1-17-12-28(26(39)16-25(17)38)44-41-22-7-2-18(3-8-22)19-4-9-23(10-5-19)42-46-34-30(55(51,52)53)14-20-13-29(54(48,49)50)33(32(40)31(20)35(34)47)45-43-27-15-21(36)6-11-24(27)37/h2-16,42H,38-40H2,1H3,(H,48,49,50)(H,51,52,53). The van der Waals surface area contributed by atoms with Crippen LogP contribution in [0.15, 0.2) is 120 Å². The van der Waals surface area contributed by atoms with Gasteiger partial charge in [-0.25, -0.2) is 0 Å². The maximum absolute atomic E-state index is 13.8. The lowest BCUT2D eigenvalue weighted by Gasteiger charge is -2.20. The van der Waals surface area contributed by atoms with Gasteiger partial charge in [-0.15, -0.1) is 15.3 Å².